The average Bonchev–Trinajstić information content (AvgIpc) is 2.45. The number of benzene rings is 2. The Morgan fingerprint density at radius 3 is 2.21 bits per heavy atom. The number of aromatic carboxylic acids is 1. The molecule has 0 aliphatic carbocycles. The molecule has 0 fully saturated rings. The van der Waals surface area contributed by atoms with Crippen LogP contribution in [0.3, 0.4) is 0 Å². The lowest BCUT2D eigenvalue weighted by Crippen LogP contribution is -2.06. The van der Waals surface area contributed by atoms with Gasteiger partial charge >= 0.3 is 5.97 Å². The van der Waals surface area contributed by atoms with Crippen molar-refractivity contribution < 1.29 is 29.8 Å². The summed E-state index contributed by atoms with van der Waals surface area (Å²) in [7, 11) is 0. The van der Waals surface area contributed by atoms with E-state index in [2.05, 4.69) is 10.1 Å². The normalized spacial score (nSPS) is 9.89. The topological polar surface area (TPSA) is 74.2 Å². The summed E-state index contributed by atoms with van der Waals surface area (Å²) in [6, 6.07) is 14.6. The molecule has 0 unspecified atom stereocenters. The van der Waals surface area contributed by atoms with Gasteiger partial charge in [-0.3, -0.25) is 0 Å². The van der Waals surface area contributed by atoms with Crippen molar-refractivity contribution in [3.63, 3.8) is 0 Å². The van der Waals surface area contributed by atoms with Gasteiger partial charge in [0.1, 0.15) is 5.56 Å². The summed E-state index contributed by atoms with van der Waals surface area (Å²) in [6.45, 7) is 0. The van der Waals surface area contributed by atoms with Crippen molar-refractivity contribution in [2.75, 3.05) is 0 Å². The highest BCUT2D eigenvalue weighted by Crippen LogP contribution is 2.18. The molecule has 0 atom stereocenters. The standard InChI is InChI=1S/C13H10O6/c14-13(15)11-8-4-5-9-12(11)17-19-18-16-10-6-2-1-3-7-10/h1-9H,(H,14,15). The molecule has 0 heterocycles. The second-order valence-corrected chi connectivity index (χ2v) is 3.42. The number of para-hydroxylation sites is 2. The number of hydrogen-bond acceptors (Lipinski definition) is 5. The van der Waals surface area contributed by atoms with Crippen LogP contribution in [0.4, 0.5) is 0 Å². The van der Waals surface area contributed by atoms with E-state index in [9.17, 15) is 4.79 Å². The molecule has 0 saturated heterocycles. The summed E-state index contributed by atoms with van der Waals surface area (Å²) >= 11 is 0. The molecule has 19 heavy (non-hydrogen) atoms. The molecule has 2 aromatic rings. The van der Waals surface area contributed by atoms with Crippen molar-refractivity contribution in [3.05, 3.63) is 60.2 Å². The summed E-state index contributed by atoms with van der Waals surface area (Å²) < 4.78 is 0. The molecule has 2 rings (SSSR count). The Morgan fingerprint density at radius 2 is 1.47 bits per heavy atom. The van der Waals surface area contributed by atoms with Gasteiger partial charge in [0, 0.05) is 10.1 Å². The Morgan fingerprint density at radius 1 is 0.842 bits per heavy atom. The first-order valence-corrected chi connectivity index (χ1v) is 5.32. The lowest BCUT2D eigenvalue weighted by atomic mass is 10.2. The van der Waals surface area contributed by atoms with Crippen LogP contribution < -0.4 is 9.78 Å². The van der Waals surface area contributed by atoms with Crippen LogP contribution in [0.15, 0.2) is 54.6 Å². The van der Waals surface area contributed by atoms with Crippen LogP contribution in [0.1, 0.15) is 10.4 Å². The predicted molar refractivity (Wildman–Crippen MR) is 63.3 cm³/mol. The molecular formula is C13H10O6. The zero-order chi connectivity index (χ0) is 13.5. The summed E-state index contributed by atoms with van der Waals surface area (Å²) in [5.41, 5.74) is -0.0502. The SMILES string of the molecule is O=C(O)c1ccccc1OOOOc1ccccc1. The van der Waals surface area contributed by atoms with Crippen LogP contribution in [0.5, 0.6) is 11.5 Å². The number of carbonyl (C=O) groups is 1. The third-order valence-corrected chi connectivity index (χ3v) is 2.14. The number of hydrogen-bond donors (Lipinski definition) is 1. The van der Waals surface area contributed by atoms with E-state index in [0.29, 0.717) is 5.75 Å². The Balaban J connectivity index is 1.85. The zero-order valence-corrected chi connectivity index (χ0v) is 9.68. The second-order valence-electron chi connectivity index (χ2n) is 3.42. The van der Waals surface area contributed by atoms with Gasteiger partial charge in [-0.1, -0.05) is 30.3 Å². The highest BCUT2D eigenvalue weighted by atomic mass is 17.7. The van der Waals surface area contributed by atoms with Gasteiger partial charge in [0.15, 0.2) is 11.5 Å². The maximum atomic E-state index is 10.9. The van der Waals surface area contributed by atoms with Crippen LogP contribution >= 0.6 is 0 Å². The van der Waals surface area contributed by atoms with E-state index in [4.69, 9.17) is 14.9 Å². The molecular weight excluding hydrogens is 252 g/mol. The Bertz CT molecular complexity index is 540. The third-order valence-electron chi connectivity index (χ3n) is 2.14. The number of carboxylic acids is 1. The Hall–Kier alpha value is -2.57. The van der Waals surface area contributed by atoms with Crippen LogP contribution in [-0.4, -0.2) is 11.1 Å². The van der Waals surface area contributed by atoms with Gasteiger partial charge in [-0.05, 0) is 24.3 Å². The van der Waals surface area contributed by atoms with Crippen molar-refractivity contribution >= 4 is 5.97 Å². The third kappa shape index (κ3) is 3.70. The van der Waals surface area contributed by atoms with Crippen molar-refractivity contribution in [3.8, 4) is 11.5 Å². The average molecular weight is 262 g/mol. The van der Waals surface area contributed by atoms with Crippen molar-refractivity contribution in [2.24, 2.45) is 0 Å². The summed E-state index contributed by atoms with van der Waals surface area (Å²) in [4.78, 5) is 20.3. The van der Waals surface area contributed by atoms with Crippen LogP contribution in [0.2, 0.25) is 0 Å². The fraction of sp³-hybridized carbons (Fsp3) is 0. The largest absolute Gasteiger partial charge is 0.478 e. The van der Waals surface area contributed by atoms with Crippen LogP contribution in [-0.2, 0) is 10.1 Å². The lowest BCUT2D eigenvalue weighted by Gasteiger charge is -2.05. The first kappa shape index (κ1) is 12.9. The maximum absolute atomic E-state index is 10.9. The van der Waals surface area contributed by atoms with Crippen molar-refractivity contribution in [1.29, 1.82) is 0 Å². The quantitative estimate of drug-likeness (QED) is 0.490. The molecule has 1 N–H and O–H groups in total. The van der Waals surface area contributed by atoms with Gasteiger partial charge < -0.3 is 14.9 Å². The van der Waals surface area contributed by atoms with E-state index in [0.717, 1.165) is 0 Å². The Kier molecular flexibility index (Phi) is 4.33. The fourth-order valence-corrected chi connectivity index (χ4v) is 1.30. The van der Waals surface area contributed by atoms with Gasteiger partial charge in [-0.2, -0.15) is 0 Å². The predicted octanol–water partition coefficient (Wildman–Crippen LogP) is 2.62. The summed E-state index contributed by atoms with van der Waals surface area (Å²) in [5, 5.41) is 17.6. The maximum Gasteiger partial charge on any atom is 0.339 e. The molecule has 0 bridgehead atoms. The molecule has 0 aliphatic rings. The molecule has 0 saturated carbocycles. The molecule has 0 aromatic heterocycles. The van der Waals surface area contributed by atoms with Gasteiger partial charge in [0.2, 0.25) is 0 Å². The molecule has 98 valence electrons. The van der Waals surface area contributed by atoms with Crippen molar-refractivity contribution in [2.45, 2.75) is 0 Å². The summed E-state index contributed by atoms with van der Waals surface area (Å²) in [5.74, 6) is -0.715. The van der Waals surface area contributed by atoms with E-state index in [1.807, 2.05) is 6.07 Å². The minimum atomic E-state index is -1.14. The smallest absolute Gasteiger partial charge is 0.339 e. The second kappa shape index (κ2) is 6.39. The van der Waals surface area contributed by atoms with E-state index in [1.54, 1.807) is 36.4 Å². The van der Waals surface area contributed by atoms with E-state index in [-0.39, 0.29) is 11.3 Å². The summed E-state index contributed by atoms with van der Waals surface area (Å²) in [6.07, 6.45) is 0. The highest BCUT2D eigenvalue weighted by Gasteiger charge is 2.11. The molecule has 6 nitrogen and oxygen atoms in total. The molecule has 2 aromatic carbocycles. The number of rotatable bonds is 6. The zero-order valence-electron chi connectivity index (χ0n) is 9.68. The first-order valence-electron chi connectivity index (χ1n) is 5.32. The molecule has 0 aliphatic heterocycles. The van der Waals surface area contributed by atoms with E-state index >= 15 is 0 Å². The fourth-order valence-electron chi connectivity index (χ4n) is 1.30. The van der Waals surface area contributed by atoms with Gasteiger partial charge in [-0.25, -0.2) is 4.79 Å². The lowest BCUT2D eigenvalue weighted by molar-refractivity contribution is -0.575. The van der Waals surface area contributed by atoms with Crippen LogP contribution in [0, 0.1) is 0 Å². The van der Waals surface area contributed by atoms with Gasteiger partial charge in [-0.15, -0.1) is 0 Å². The minimum absolute atomic E-state index is 0.00617. The monoisotopic (exact) mass is 262 g/mol. The molecule has 0 amide bonds. The Labute approximate surface area is 108 Å². The van der Waals surface area contributed by atoms with E-state index in [1.165, 1.54) is 12.1 Å². The van der Waals surface area contributed by atoms with Crippen LogP contribution in [0.25, 0.3) is 0 Å². The van der Waals surface area contributed by atoms with E-state index < -0.39 is 5.97 Å². The van der Waals surface area contributed by atoms with Crippen molar-refractivity contribution in [1.82, 2.24) is 0 Å². The molecule has 0 spiro atoms. The first-order chi connectivity index (χ1) is 9.27. The van der Waals surface area contributed by atoms with Gasteiger partial charge in [0.05, 0.1) is 0 Å². The molecule has 0 radical (unpaired) electrons. The van der Waals surface area contributed by atoms with Gasteiger partial charge in [0.25, 0.3) is 0 Å². The number of carboxylic acid groups (broad SMARTS) is 1. The highest BCUT2D eigenvalue weighted by molar-refractivity contribution is 5.90. The molecule has 6 heteroatoms. The minimum Gasteiger partial charge on any atom is -0.478 e.